The van der Waals surface area contributed by atoms with Gasteiger partial charge in [-0.15, -0.1) is 0 Å². The molecule has 0 aliphatic heterocycles. The first-order valence-electron chi connectivity index (χ1n) is 11.8. The lowest BCUT2D eigenvalue weighted by Gasteiger charge is -2.29. The summed E-state index contributed by atoms with van der Waals surface area (Å²) in [5, 5.41) is 0. The van der Waals surface area contributed by atoms with Crippen LogP contribution in [0.4, 0.5) is 8.78 Å². The van der Waals surface area contributed by atoms with E-state index in [4.69, 9.17) is 0 Å². The summed E-state index contributed by atoms with van der Waals surface area (Å²) in [5.41, 5.74) is 0.971. The van der Waals surface area contributed by atoms with Crippen LogP contribution in [0.5, 0.6) is 0 Å². The number of hydrogen-bond donors (Lipinski definition) is 0. The highest BCUT2D eigenvalue weighted by atomic mass is 19.2. The molecule has 0 nitrogen and oxygen atoms in total. The molecule has 2 fully saturated rings. The van der Waals surface area contributed by atoms with Crippen molar-refractivity contribution in [3.63, 3.8) is 0 Å². The molecular formula is C26H38F2. The zero-order valence-corrected chi connectivity index (χ0v) is 17.6. The Labute approximate surface area is 170 Å². The molecule has 28 heavy (non-hydrogen) atoms. The van der Waals surface area contributed by atoms with Crippen molar-refractivity contribution in [3.05, 3.63) is 47.5 Å². The maximum Gasteiger partial charge on any atom is 0.159 e. The molecule has 0 N–H and O–H groups in total. The maximum atomic E-state index is 13.5. The predicted molar refractivity (Wildman–Crippen MR) is 114 cm³/mol. The number of benzene rings is 1. The summed E-state index contributed by atoms with van der Waals surface area (Å²) in [6, 6.07) is 4.44. The largest absolute Gasteiger partial charge is 0.204 e. The highest BCUT2D eigenvalue weighted by Crippen LogP contribution is 2.38. The van der Waals surface area contributed by atoms with Crippen molar-refractivity contribution >= 4 is 0 Å². The summed E-state index contributed by atoms with van der Waals surface area (Å²) < 4.78 is 26.6. The van der Waals surface area contributed by atoms with Crippen LogP contribution < -0.4 is 0 Å². The van der Waals surface area contributed by atoms with Gasteiger partial charge in [0.1, 0.15) is 0 Å². The molecule has 1 aromatic carbocycles. The van der Waals surface area contributed by atoms with Crippen molar-refractivity contribution < 1.29 is 8.78 Å². The summed E-state index contributed by atoms with van der Waals surface area (Å²) in [6.45, 7) is 2.28. The first-order chi connectivity index (χ1) is 13.7. The molecule has 2 saturated carbocycles. The third-order valence-electron chi connectivity index (χ3n) is 7.20. The van der Waals surface area contributed by atoms with Gasteiger partial charge in [0.15, 0.2) is 11.6 Å². The zero-order chi connectivity index (χ0) is 19.8. The van der Waals surface area contributed by atoms with Crippen LogP contribution in [-0.2, 0) is 0 Å². The zero-order valence-electron chi connectivity index (χ0n) is 17.6. The van der Waals surface area contributed by atoms with Crippen LogP contribution in [0, 0.1) is 29.4 Å². The highest BCUT2D eigenvalue weighted by Gasteiger charge is 2.23. The van der Waals surface area contributed by atoms with Crippen molar-refractivity contribution in [2.24, 2.45) is 17.8 Å². The lowest BCUT2D eigenvalue weighted by Crippen LogP contribution is -2.15. The molecule has 0 heterocycles. The molecule has 0 unspecified atom stereocenters. The fourth-order valence-electron chi connectivity index (χ4n) is 5.25. The molecule has 156 valence electrons. The highest BCUT2D eigenvalue weighted by molar-refractivity contribution is 5.22. The average Bonchev–Trinajstić information content (AvgIpc) is 2.73. The van der Waals surface area contributed by atoms with Crippen molar-refractivity contribution in [2.45, 2.75) is 96.3 Å². The standard InChI is InChI=1S/C26H38F2/c1-2-3-4-5-6-20-7-9-21(10-8-20)11-12-22-13-15-23(16-14-22)24-17-18-25(27)26(28)19-24/h11-12,17-23H,2-10,13-16H2,1H3/b12-11+. The van der Waals surface area contributed by atoms with E-state index in [1.807, 2.05) is 0 Å². The van der Waals surface area contributed by atoms with Crippen LogP contribution in [0.25, 0.3) is 0 Å². The molecule has 3 rings (SSSR count). The van der Waals surface area contributed by atoms with Gasteiger partial charge in [0.05, 0.1) is 0 Å². The Balaban J connectivity index is 1.36. The molecule has 0 bridgehead atoms. The molecule has 0 spiro atoms. The predicted octanol–water partition coefficient (Wildman–Crippen LogP) is 8.57. The first kappa shape index (κ1) is 21.5. The Bertz CT molecular complexity index is 605. The third-order valence-corrected chi connectivity index (χ3v) is 7.20. The van der Waals surface area contributed by atoms with Crippen LogP contribution in [0.1, 0.15) is 102 Å². The smallest absolute Gasteiger partial charge is 0.159 e. The van der Waals surface area contributed by atoms with Gasteiger partial charge in [-0.25, -0.2) is 8.78 Å². The average molecular weight is 389 g/mol. The molecule has 0 amide bonds. The van der Waals surface area contributed by atoms with Crippen LogP contribution in [-0.4, -0.2) is 0 Å². The number of unbranched alkanes of at least 4 members (excludes halogenated alkanes) is 3. The summed E-state index contributed by atoms with van der Waals surface area (Å²) >= 11 is 0. The number of hydrogen-bond acceptors (Lipinski definition) is 0. The number of halogens is 2. The number of rotatable bonds is 8. The van der Waals surface area contributed by atoms with Gasteiger partial charge in [-0.2, -0.15) is 0 Å². The topological polar surface area (TPSA) is 0 Å². The lowest BCUT2D eigenvalue weighted by atomic mass is 9.77. The van der Waals surface area contributed by atoms with Crippen molar-refractivity contribution in [2.75, 3.05) is 0 Å². The lowest BCUT2D eigenvalue weighted by molar-refractivity contribution is 0.287. The quantitative estimate of drug-likeness (QED) is 0.309. The van der Waals surface area contributed by atoms with E-state index in [9.17, 15) is 8.78 Å². The van der Waals surface area contributed by atoms with Crippen molar-refractivity contribution in [1.29, 1.82) is 0 Å². The van der Waals surface area contributed by atoms with Gasteiger partial charge in [0.2, 0.25) is 0 Å². The second-order valence-electron chi connectivity index (χ2n) is 9.30. The summed E-state index contributed by atoms with van der Waals surface area (Å²) in [6.07, 6.45) is 22.1. The monoisotopic (exact) mass is 388 g/mol. The third kappa shape index (κ3) is 6.42. The van der Waals surface area contributed by atoms with E-state index in [1.54, 1.807) is 6.07 Å². The second-order valence-corrected chi connectivity index (χ2v) is 9.30. The normalized spacial score (nSPS) is 28.7. The molecule has 0 radical (unpaired) electrons. The molecule has 0 atom stereocenters. The Kier molecular flexibility index (Phi) is 8.55. The first-order valence-corrected chi connectivity index (χ1v) is 11.8. The van der Waals surface area contributed by atoms with Crippen LogP contribution in [0.2, 0.25) is 0 Å². The molecule has 0 saturated heterocycles. The summed E-state index contributed by atoms with van der Waals surface area (Å²) in [5.74, 6) is 1.39. The van der Waals surface area contributed by atoms with E-state index >= 15 is 0 Å². The minimum absolute atomic E-state index is 0.392. The van der Waals surface area contributed by atoms with Crippen LogP contribution >= 0.6 is 0 Å². The molecule has 2 aliphatic rings. The molecular weight excluding hydrogens is 350 g/mol. The molecule has 2 aliphatic carbocycles. The minimum Gasteiger partial charge on any atom is -0.204 e. The van der Waals surface area contributed by atoms with Crippen molar-refractivity contribution in [1.82, 2.24) is 0 Å². The Morgan fingerprint density at radius 1 is 0.786 bits per heavy atom. The molecule has 2 heteroatoms. The van der Waals surface area contributed by atoms with Gasteiger partial charge in [0, 0.05) is 0 Å². The van der Waals surface area contributed by atoms with E-state index in [2.05, 4.69) is 19.1 Å². The fraction of sp³-hybridized carbons (Fsp3) is 0.692. The van der Waals surface area contributed by atoms with Crippen LogP contribution in [0.3, 0.4) is 0 Å². The maximum absolute atomic E-state index is 13.5. The van der Waals surface area contributed by atoms with Gasteiger partial charge in [-0.05, 0) is 92.7 Å². The Morgan fingerprint density at radius 3 is 2.04 bits per heavy atom. The van der Waals surface area contributed by atoms with Crippen molar-refractivity contribution in [3.8, 4) is 0 Å². The fourth-order valence-corrected chi connectivity index (χ4v) is 5.25. The molecule has 1 aromatic rings. The van der Waals surface area contributed by atoms with E-state index in [0.29, 0.717) is 11.8 Å². The van der Waals surface area contributed by atoms with Crippen LogP contribution in [0.15, 0.2) is 30.4 Å². The van der Waals surface area contributed by atoms with E-state index < -0.39 is 11.6 Å². The minimum atomic E-state index is -0.740. The second kappa shape index (κ2) is 11.1. The summed E-state index contributed by atoms with van der Waals surface area (Å²) in [4.78, 5) is 0. The van der Waals surface area contributed by atoms with Gasteiger partial charge in [-0.3, -0.25) is 0 Å². The Morgan fingerprint density at radius 2 is 1.43 bits per heavy atom. The SMILES string of the molecule is CCCCCCC1CCC(/C=C/C2CCC(c3ccc(F)c(F)c3)CC2)CC1. The van der Waals surface area contributed by atoms with Gasteiger partial charge >= 0.3 is 0 Å². The molecule has 0 aromatic heterocycles. The van der Waals surface area contributed by atoms with Gasteiger partial charge in [-0.1, -0.05) is 57.2 Å². The van der Waals surface area contributed by atoms with E-state index in [0.717, 1.165) is 30.2 Å². The Hall–Kier alpha value is -1.18. The van der Waals surface area contributed by atoms with Gasteiger partial charge in [0.25, 0.3) is 0 Å². The van der Waals surface area contributed by atoms with E-state index in [1.165, 1.54) is 82.8 Å². The number of allylic oxidation sites excluding steroid dienone is 2. The van der Waals surface area contributed by atoms with Gasteiger partial charge < -0.3 is 0 Å². The summed E-state index contributed by atoms with van der Waals surface area (Å²) in [7, 11) is 0. The van der Waals surface area contributed by atoms with E-state index in [-0.39, 0.29) is 0 Å².